The fourth-order valence-electron chi connectivity index (χ4n) is 1.76. The van der Waals surface area contributed by atoms with Crippen molar-refractivity contribution in [2.75, 3.05) is 0 Å². The number of hydrogen-bond donors (Lipinski definition) is 0. The normalized spacial score (nSPS) is 10.9. The number of aromatic nitrogens is 4. The van der Waals surface area contributed by atoms with E-state index in [9.17, 15) is 0 Å². The third-order valence-electron chi connectivity index (χ3n) is 2.66. The number of rotatable bonds is 4. The minimum absolute atomic E-state index is 0.778. The summed E-state index contributed by atoms with van der Waals surface area (Å²) in [6.45, 7) is 2.05. The number of halogens is 1. The van der Waals surface area contributed by atoms with Crippen molar-refractivity contribution in [1.29, 1.82) is 0 Å². The van der Waals surface area contributed by atoms with Gasteiger partial charge in [-0.15, -0.1) is 16.4 Å². The Kier molecular flexibility index (Phi) is 4.05. The van der Waals surface area contributed by atoms with Gasteiger partial charge in [0.05, 0.1) is 10.0 Å². The highest BCUT2D eigenvalue weighted by molar-refractivity contribution is 7.98. The van der Waals surface area contributed by atoms with E-state index < -0.39 is 0 Å². The van der Waals surface area contributed by atoms with E-state index in [4.69, 9.17) is 11.6 Å². The smallest absolute Gasteiger partial charge is 0.187 e. The van der Waals surface area contributed by atoms with Gasteiger partial charge in [0, 0.05) is 10.6 Å². The van der Waals surface area contributed by atoms with Gasteiger partial charge in [-0.05, 0) is 47.2 Å². The van der Waals surface area contributed by atoms with Crippen LogP contribution in [-0.4, -0.2) is 20.2 Å². The van der Waals surface area contributed by atoms with Crippen molar-refractivity contribution in [1.82, 2.24) is 20.2 Å². The van der Waals surface area contributed by atoms with Gasteiger partial charge >= 0.3 is 0 Å². The Morgan fingerprint density at radius 1 is 1.30 bits per heavy atom. The Morgan fingerprint density at radius 3 is 2.95 bits per heavy atom. The molecule has 0 bridgehead atoms. The number of hydrogen-bond acceptors (Lipinski definition) is 5. The van der Waals surface area contributed by atoms with Gasteiger partial charge in [-0.2, -0.15) is 4.68 Å². The summed E-state index contributed by atoms with van der Waals surface area (Å²) in [5, 5.41) is 12.7. The van der Waals surface area contributed by atoms with Crippen molar-refractivity contribution in [3.8, 4) is 5.69 Å². The molecule has 0 atom stereocenters. The van der Waals surface area contributed by atoms with Gasteiger partial charge in [0.25, 0.3) is 0 Å². The van der Waals surface area contributed by atoms with Gasteiger partial charge in [0.2, 0.25) is 5.16 Å². The highest BCUT2D eigenvalue weighted by Gasteiger charge is 2.10. The lowest BCUT2D eigenvalue weighted by Crippen LogP contribution is -1.99. The topological polar surface area (TPSA) is 43.6 Å². The molecule has 7 heteroatoms. The standard InChI is InChI=1S/C13H11ClN4S2/c1-9-3-2-4-10(7-9)18-13(15-16-17-18)19-8-11-5-6-12(14)20-11/h2-7H,8H2,1H3. The number of aryl methyl sites for hydroxylation is 1. The summed E-state index contributed by atoms with van der Waals surface area (Å²) in [6.07, 6.45) is 0. The Morgan fingerprint density at radius 2 is 2.20 bits per heavy atom. The zero-order valence-electron chi connectivity index (χ0n) is 10.7. The Bertz CT molecular complexity index is 722. The van der Waals surface area contributed by atoms with Gasteiger partial charge in [0.1, 0.15) is 0 Å². The summed E-state index contributed by atoms with van der Waals surface area (Å²) in [6, 6.07) is 12.0. The van der Waals surface area contributed by atoms with Gasteiger partial charge in [-0.1, -0.05) is 35.5 Å². The van der Waals surface area contributed by atoms with Crippen molar-refractivity contribution in [2.45, 2.75) is 17.8 Å². The number of thioether (sulfide) groups is 1. The second-order valence-electron chi connectivity index (χ2n) is 4.21. The molecule has 1 aromatic carbocycles. The van der Waals surface area contributed by atoms with Crippen molar-refractivity contribution in [2.24, 2.45) is 0 Å². The van der Waals surface area contributed by atoms with E-state index in [1.54, 1.807) is 27.8 Å². The van der Waals surface area contributed by atoms with E-state index >= 15 is 0 Å². The van der Waals surface area contributed by atoms with Crippen LogP contribution >= 0.6 is 34.7 Å². The van der Waals surface area contributed by atoms with Crippen LogP contribution in [0.25, 0.3) is 5.69 Å². The molecule has 0 N–H and O–H groups in total. The molecule has 102 valence electrons. The van der Waals surface area contributed by atoms with E-state index in [0.29, 0.717) is 0 Å². The monoisotopic (exact) mass is 322 g/mol. The molecule has 0 spiro atoms. The molecule has 0 unspecified atom stereocenters. The van der Waals surface area contributed by atoms with Gasteiger partial charge < -0.3 is 0 Å². The number of tetrazole rings is 1. The molecule has 0 radical (unpaired) electrons. The quantitative estimate of drug-likeness (QED) is 0.681. The van der Waals surface area contributed by atoms with Crippen LogP contribution in [0.5, 0.6) is 0 Å². The molecule has 20 heavy (non-hydrogen) atoms. The van der Waals surface area contributed by atoms with E-state index in [1.807, 2.05) is 37.3 Å². The zero-order chi connectivity index (χ0) is 13.9. The van der Waals surface area contributed by atoms with Crippen molar-refractivity contribution in [3.63, 3.8) is 0 Å². The average Bonchev–Trinajstić information content (AvgIpc) is 3.05. The van der Waals surface area contributed by atoms with Crippen molar-refractivity contribution < 1.29 is 0 Å². The molecule has 0 saturated carbocycles. The van der Waals surface area contributed by atoms with Crippen LogP contribution < -0.4 is 0 Å². The molecule has 0 saturated heterocycles. The van der Waals surface area contributed by atoms with Gasteiger partial charge in [-0.3, -0.25) is 0 Å². The van der Waals surface area contributed by atoms with Crippen LogP contribution in [0.3, 0.4) is 0 Å². The molecule has 3 rings (SSSR count). The summed E-state index contributed by atoms with van der Waals surface area (Å²) in [5.74, 6) is 0.809. The first kappa shape index (κ1) is 13.6. The summed E-state index contributed by atoms with van der Waals surface area (Å²) >= 11 is 9.11. The first-order chi connectivity index (χ1) is 9.72. The maximum Gasteiger partial charge on any atom is 0.214 e. The lowest BCUT2D eigenvalue weighted by Gasteiger charge is -2.04. The summed E-state index contributed by atoms with van der Waals surface area (Å²) in [7, 11) is 0. The van der Waals surface area contributed by atoms with Crippen LogP contribution in [0.4, 0.5) is 0 Å². The third-order valence-corrected chi connectivity index (χ3v) is 5.04. The maximum absolute atomic E-state index is 5.93. The maximum atomic E-state index is 5.93. The second kappa shape index (κ2) is 5.95. The molecule has 2 heterocycles. The molecule has 0 amide bonds. The second-order valence-corrected chi connectivity index (χ2v) is 6.95. The highest BCUT2D eigenvalue weighted by atomic mass is 35.5. The predicted octanol–water partition coefficient (Wildman–Crippen LogP) is 3.98. The summed E-state index contributed by atoms with van der Waals surface area (Å²) < 4.78 is 2.56. The van der Waals surface area contributed by atoms with Crippen LogP contribution in [0.2, 0.25) is 4.34 Å². The van der Waals surface area contributed by atoms with Crippen molar-refractivity contribution in [3.05, 3.63) is 51.2 Å². The third kappa shape index (κ3) is 3.03. The molecule has 0 fully saturated rings. The van der Waals surface area contributed by atoms with Gasteiger partial charge in [-0.25, -0.2) is 0 Å². The lowest BCUT2D eigenvalue weighted by molar-refractivity contribution is 0.755. The molecule has 2 aromatic heterocycles. The van der Waals surface area contributed by atoms with Crippen LogP contribution in [-0.2, 0) is 5.75 Å². The average molecular weight is 323 g/mol. The largest absolute Gasteiger partial charge is 0.214 e. The first-order valence-electron chi connectivity index (χ1n) is 5.95. The number of thiophene rings is 1. The van der Waals surface area contributed by atoms with E-state index in [1.165, 1.54) is 10.4 Å². The molecular weight excluding hydrogens is 312 g/mol. The van der Waals surface area contributed by atoms with E-state index in [0.717, 1.165) is 20.9 Å². The minimum atomic E-state index is 0.778. The molecular formula is C13H11ClN4S2. The fourth-order valence-corrected chi connectivity index (χ4v) is 3.78. The van der Waals surface area contributed by atoms with E-state index in [-0.39, 0.29) is 0 Å². The minimum Gasteiger partial charge on any atom is -0.187 e. The molecule has 0 aliphatic rings. The molecule has 3 aromatic rings. The van der Waals surface area contributed by atoms with Gasteiger partial charge in [0.15, 0.2) is 0 Å². The first-order valence-corrected chi connectivity index (χ1v) is 8.13. The Hall–Kier alpha value is -1.37. The summed E-state index contributed by atoms with van der Waals surface area (Å²) in [4.78, 5) is 1.21. The zero-order valence-corrected chi connectivity index (χ0v) is 13.0. The Labute approximate surface area is 129 Å². The predicted molar refractivity (Wildman–Crippen MR) is 82.8 cm³/mol. The fraction of sp³-hybridized carbons (Fsp3) is 0.154. The van der Waals surface area contributed by atoms with Crippen LogP contribution in [0, 0.1) is 6.92 Å². The number of nitrogens with zero attached hydrogens (tertiary/aromatic N) is 4. The van der Waals surface area contributed by atoms with E-state index in [2.05, 4.69) is 21.6 Å². The van der Waals surface area contributed by atoms with Crippen LogP contribution in [0.15, 0.2) is 41.6 Å². The molecule has 4 nitrogen and oxygen atoms in total. The van der Waals surface area contributed by atoms with Crippen LogP contribution in [0.1, 0.15) is 10.4 Å². The van der Waals surface area contributed by atoms with Crippen molar-refractivity contribution >= 4 is 34.7 Å². The Balaban J connectivity index is 1.80. The number of benzene rings is 1. The SMILES string of the molecule is Cc1cccc(-n2nnnc2SCc2ccc(Cl)s2)c1. The highest BCUT2D eigenvalue weighted by Crippen LogP contribution is 2.28. The molecule has 0 aliphatic carbocycles. The molecule has 0 aliphatic heterocycles. The lowest BCUT2D eigenvalue weighted by atomic mass is 10.2. The summed E-state index contributed by atoms with van der Waals surface area (Å²) in [5.41, 5.74) is 2.15.